The fraction of sp³-hybridized carbons (Fsp3) is 0.0625. The third-order valence-corrected chi connectivity index (χ3v) is 3.41. The largest absolute Gasteiger partial charge is 0.497 e. The van der Waals surface area contributed by atoms with Crippen LogP contribution in [0.5, 0.6) is 5.75 Å². The number of rotatable bonds is 3. The topological polar surface area (TPSA) is 51.5 Å². The highest BCUT2D eigenvalue weighted by Crippen LogP contribution is 2.25. The lowest BCUT2D eigenvalue weighted by atomic mass is 10.2. The van der Waals surface area contributed by atoms with Gasteiger partial charge in [-0.05, 0) is 42.5 Å². The molecule has 0 saturated heterocycles. The van der Waals surface area contributed by atoms with Crippen molar-refractivity contribution in [1.82, 2.24) is 0 Å². The Labute approximate surface area is 130 Å². The molecular formula is C16H11ClFNO3. The zero-order chi connectivity index (χ0) is 15.7. The number of anilines is 1. The average Bonchev–Trinajstić information content (AvgIpc) is 2.94. The molecule has 0 fully saturated rings. The summed E-state index contributed by atoms with van der Waals surface area (Å²) in [4.78, 5) is 12.2. The second kappa shape index (κ2) is 5.69. The molecular weight excluding hydrogens is 309 g/mol. The lowest BCUT2D eigenvalue weighted by molar-refractivity contribution is 0.0998. The molecule has 22 heavy (non-hydrogen) atoms. The van der Waals surface area contributed by atoms with Crippen molar-refractivity contribution in [1.29, 1.82) is 0 Å². The molecule has 0 atom stereocenters. The lowest BCUT2D eigenvalue weighted by Crippen LogP contribution is -2.10. The highest BCUT2D eigenvalue weighted by atomic mass is 35.5. The van der Waals surface area contributed by atoms with Gasteiger partial charge in [0.1, 0.15) is 17.1 Å². The maximum atomic E-state index is 13.1. The number of carbonyl (C=O) groups is 1. The van der Waals surface area contributed by atoms with Crippen LogP contribution in [0.25, 0.3) is 11.0 Å². The minimum absolute atomic E-state index is 0.0628. The second-order valence-corrected chi connectivity index (χ2v) is 5.00. The van der Waals surface area contributed by atoms with Crippen molar-refractivity contribution in [2.75, 3.05) is 12.4 Å². The molecule has 3 aromatic rings. The van der Waals surface area contributed by atoms with Gasteiger partial charge in [-0.15, -0.1) is 0 Å². The SMILES string of the molecule is COc1ccc2oc(C(=O)Nc3ccc(F)c(Cl)c3)cc2c1. The molecule has 0 aliphatic carbocycles. The maximum absolute atomic E-state index is 13.1. The van der Waals surface area contributed by atoms with E-state index < -0.39 is 11.7 Å². The van der Waals surface area contributed by atoms with Crippen LogP contribution in [-0.2, 0) is 0 Å². The van der Waals surface area contributed by atoms with Crippen LogP contribution < -0.4 is 10.1 Å². The van der Waals surface area contributed by atoms with Crippen molar-refractivity contribution in [3.8, 4) is 5.75 Å². The third kappa shape index (κ3) is 2.76. The van der Waals surface area contributed by atoms with Crippen LogP contribution in [0.4, 0.5) is 10.1 Å². The van der Waals surface area contributed by atoms with E-state index in [1.54, 1.807) is 31.4 Å². The summed E-state index contributed by atoms with van der Waals surface area (Å²) in [7, 11) is 1.56. The smallest absolute Gasteiger partial charge is 0.291 e. The van der Waals surface area contributed by atoms with Gasteiger partial charge in [-0.3, -0.25) is 4.79 Å². The van der Waals surface area contributed by atoms with E-state index in [2.05, 4.69) is 5.32 Å². The van der Waals surface area contributed by atoms with Gasteiger partial charge in [-0.25, -0.2) is 4.39 Å². The molecule has 2 aromatic carbocycles. The molecule has 4 nitrogen and oxygen atoms in total. The number of benzene rings is 2. The Kier molecular flexibility index (Phi) is 3.73. The first-order valence-electron chi connectivity index (χ1n) is 6.41. The summed E-state index contributed by atoms with van der Waals surface area (Å²) >= 11 is 5.68. The van der Waals surface area contributed by atoms with Crippen molar-refractivity contribution in [2.24, 2.45) is 0 Å². The van der Waals surface area contributed by atoms with Crippen molar-refractivity contribution in [3.63, 3.8) is 0 Å². The third-order valence-electron chi connectivity index (χ3n) is 3.12. The molecule has 1 amide bonds. The van der Waals surface area contributed by atoms with Gasteiger partial charge in [0.25, 0.3) is 5.91 Å². The molecule has 0 aliphatic rings. The highest BCUT2D eigenvalue weighted by Gasteiger charge is 2.13. The van der Waals surface area contributed by atoms with Crippen LogP contribution in [0.2, 0.25) is 5.02 Å². The molecule has 0 bridgehead atoms. The van der Waals surface area contributed by atoms with Crippen LogP contribution in [-0.4, -0.2) is 13.0 Å². The Bertz CT molecular complexity index is 860. The zero-order valence-corrected chi connectivity index (χ0v) is 12.3. The number of amides is 1. The van der Waals surface area contributed by atoms with Gasteiger partial charge >= 0.3 is 0 Å². The van der Waals surface area contributed by atoms with Gasteiger partial charge in [0.05, 0.1) is 12.1 Å². The van der Waals surface area contributed by atoms with E-state index in [4.69, 9.17) is 20.8 Å². The number of halogens is 2. The summed E-state index contributed by atoms with van der Waals surface area (Å²) in [6.07, 6.45) is 0. The highest BCUT2D eigenvalue weighted by molar-refractivity contribution is 6.31. The van der Waals surface area contributed by atoms with Gasteiger partial charge in [-0.1, -0.05) is 11.6 Å². The number of hydrogen-bond acceptors (Lipinski definition) is 3. The molecule has 0 unspecified atom stereocenters. The van der Waals surface area contributed by atoms with Crippen molar-refractivity contribution < 1.29 is 18.3 Å². The zero-order valence-electron chi connectivity index (χ0n) is 11.5. The average molecular weight is 320 g/mol. The Morgan fingerprint density at radius 1 is 1.23 bits per heavy atom. The van der Waals surface area contributed by atoms with Gasteiger partial charge in [-0.2, -0.15) is 0 Å². The van der Waals surface area contributed by atoms with Crippen molar-refractivity contribution >= 4 is 34.2 Å². The molecule has 0 spiro atoms. The number of hydrogen-bond donors (Lipinski definition) is 1. The summed E-state index contributed by atoms with van der Waals surface area (Å²) in [5.41, 5.74) is 0.956. The van der Waals surface area contributed by atoms with Crippen molar-refractivity contribution in [2.45, 2.75) is 0 Å². The first-order valence-corrected chi connectivity index (χ1v) is 6.78. The van der Waals surface area contributed by atoms with Crippen LogP contribution in [0, 0.1) is 5.82 Å². The van der Waals surface area contributed by atoms with E-state index >= 15 is 0 Å². The van der Waals surface area contributed by atoms with E-state index in [9.17, 15) is 9.18 Å². The monoisotopic (exact) mass is 319 g/mol. The van der Waals surface area contributed by atoms with E-state index in [0.717, 1.165) is 5.39 Å². The first kappa shape index (κ1) is 14.4. The molecule has 1 N–H and O–H groups in total. The van der Waals surface area contributed by atoms with Gasteiger partial charge in [0, 0.05) is 11.1 Å². The summed E-state index contributed by atoms with van der Waals surface area (Å²) in [5.74, 6) is -0.178. The number of nitrogens with one attached hydrogen (secondary N) is 1. The van der Waals surface area contributed by atoms with E-state index in [-0.39, 0.29) is 10.8 Å². The molecule has 1 aromatic heterocycles. The van der Waals surface area contributed by atoms with Crippen molar-refractivity contribution in [3.05, 3.63) is 59.1 Å². The summed E-state index contributed by atoms with van der Waals surface area (Å²) < 4.78 is 23.7. The minimum atomic E-state index is -0.546. The fourth-order valence-electron chi connectivity index (χ4n) is 2.03. The van der Waals surface area contributed by atoms with Crippen LogP contribution in [0.3, 0.4) is 0 Å². The molecule has 0 radical (unpaired) electrons. The Morgan fingerprint density at radius 3 is 2.77 bits per heavy atom. The number of furan rings is 1. The van der Waals surface area contributed by atoms with Crippen LogP contribution in [0.15, 0.2) is 46.9 Å². The predicted molar refractivity (Wildman–Crippen MR) is 82.1 cm³/mol. The summed E-state index contributed by atoms with van der Waals surface area (Å²) in [6.45, 7) is 0. The number of fused-ring (bicyclic) bond motifs is 1. The standard InChI is InChI=1S/C16H11ClFNO3/c1-21-11-3-5-14-9(6-11)7-15(22-14)16(20)19-10-2-4-13(18)12(17)8-10/h2-8H,1H3,(H,19,20). The number of methoxy groups -OCH3 is 1. The Hall–Kier alpha value is -2.53. The van der Waals surface area contributed by atoms with Gasteiger partial charge in [0.15, 0.2) is 5.76 Å². The second-order valence-electron chi connectivity index (χ2n) is 4.60. The van der Waals surface area contributed by atoms with Gasteiger partial charge < -0.3 is 14.5 Å². The molecule has 112 valence electrons. The van der Waals surface area contributed by atoms with E-state index in [1.807, 2.05) is 0 Å². The molecule has 3 rings (SSSR count). The lowest BCUT2D eigenvalue weighted by Gasteiger charge is -2.03. The Morgan fingerprint density at radius 2 is 2.05 bits per heavy atom. The van der Waals surface area contributed by atoms with Crippen LogP contribution in [0.1, 0.15) is 10.6 Å². The summed E-state index contributed by atoms with van der Waals surface area (Å²) in [5, 5.41) is 3.29. The molecule has 1 heterocycles. The van der Waals surface area contributed by atoms with Crippen LogP contribution >= 0.6 is 11.6 Å². The fourth-order valence-corrected chi connectivity index (χ4v) is 2.21. The maximum Gasteiger partial charge on any atom is 0.291 e. The Balaban J connectivity index is 1.86. The predicted octanol–water partition coefficient (Wildman–Crippen LogP) is 4.49. The number of carbonyl (C=O) groups excluding carboxylic acids is 1. The molecule has 0 saturated carbocycles. The number of ether oxygens (including phenoxy) is 1. The normalized spacial score (nSPS) is 10.7. The minimum Gasteiger partial charge on any atom is -0.497 e. The first-order chi connectivity index (χ1) is 10.6. The molecule has 6 heteroatoms. The van der Waals surface area contributed by atoms with Gasteiger partial charge in [0.2, 0.25) is 0 Å². The summed E-state index contributed by atoms with van der Waals surface area (Å²) in [6, 6.07) is 10.8. The quantitative estimate of drug-likeness (QED) is 0.774. The van der Waals surface area contributed by atoms with E-state index in [0.29, 0.717) is 17.0 Å². The molecule has 0 aliphatic heterocycles. The van der Waals surface area contributed by atoms with E-state index in [1.165, 1.54) is 18.2 Å².